The molecule has 2 heterocycles. The molecule has 0 aliphatic carbocycles. The van der Waals surface area contributed by atoms with Crippen LogP contribution >= 0.6 is 23.7 Å². The zero-order valence-electron chi connectivity index (χ0n) is 13.6. The quantitative estimate of drug-likeness (QED) is 0.690. The maximum Gasteiger partial charge on any atom is 0.337 e. The van der Waals surface area contributed by atoms with E-state index >= 15 is 0 Å². The predicted octanol–water partition coefficient (Wildman–Crippen LogP) is 4.51. The van der Waals surface area contributed by atoms with Gasteiger partial charge in [-0.2, -0.15) is 0 Å². The van der Waals surface area contributed by atoms with Gasteiger partial charge in [0, 0.05) is 10.6 Å². The lowest BCUT2D eigenvalue weighted by Gasteiger charge is -2.08. The van der Waals surface area contributed by atoms with Crippen LogP contribution in [0.5, 0.6) is 0 Å². The Morgan fingerprint density at radius 2 is 2.08 bits per heavy atom. The number of ether oxygens (including phenoxy) is 1. The Morgan fingerprint density at radius 3 is 2.79 bits per heavy atom. The highest BCUT2D eigenvalue weighted by Crippen LogP contribution is 2.31. The summed E-state index contributed by atoms with van der Waals surface area (Å²) in [5.74, 6) is 1.11. The number of benzene rings is 1. The molecular weight excluding hydrogens is 346 g/mol. The zero-order chi connectivity index (χ0) is 16.4. The van der Waals surface area contributed by atoms with Gasteiger partial charge in [0.2, 0.25) is 0 Å². The van der Waals surface area contributed by atoms with Crippen molar-refractivity contribution in [1.82, 2.24) is 9.97 Å². The topological polar surface area (TPSA) is 64.1 Å². The molecule has 0 spiro atoms. The van der Waals surface area contributed by atoms with Crippen molar-refractivity contribution in [3.63, 3.8) is 0 Å². The van der Waals surface area contributed by atoms with Crippen LogP contribution in [0, 0.1) is 6.92 Å². The second kappa shape index (κ2) is 7.59. The fraction of sp³-hybridized carbons (Fsp3) is 0.235. The molecule has 24 heavy (non-hydrogen) atoms. The van der Waals surface area contributed by atoms with E-state index in [-0.39, 0.29) is 18.4 Å². The Hall–Kier alpha value is -2.18. The van der Waals surface area contributed by atoms with E-state index in [4.69, 9.17) is 4.74 Å². The van der Waals surface area contributed by atoms with E-state index in [1.807, 2.05) is 19.1 Å². The smallest absolute Gasteiger partial charge is 0.337 e. The lowest BCUT2D eigenvalue weighted by molar-refractivity contribution is 0.0601. The first kappa shape index (κ1) is 18.2. The lowest BCUT2D eigenvalue weighted by atomic mass is 10.2. The Balaban J connectivity index is 0.00000208. The van der Waals surface area contributed by atoms with E-state index < -0.39 is 0 Å². The first-order chi connectivity index (χ1) is 11.1. The lowest BCUT2D eigenvalue weighted by Crippen LogP contribution is -2.02. The zero-order valence-corrected chi connectivity index (χ0v) is 15.3. The molecule has 0 saturated carbocycles. The summed E-state index contributed by atoms with van der Waals surface area (Å²) in [6.07, 6.45) is 0.970. The van der Waals surface area contributed by atoms with Gasteiger partial charge in [-0.25, -0.2) is 14.8 Å². The van der Waals surface area contributed by atoms with E-state index in [9.17, 15) is 4.79 Å². The summed E-state index contributed by atoms with van der Waals surface area (Å²) >= 11 is 1.68. The van der Waals surface area contributed by atoms with Crippen molar-refractivity contribution < 1.29 is 9.53 Å². The van der Waals surface area contributed by atoms with Crippen LogP contribution in [0.25, 0.3) is 10.2 Å². The van der Waals surface area contributed by atoms with Crippen LogP contribution in [-0.4, -0.2) is 23.0 Å². The number of nitrogens with zero attached hydrogens (tertiary/aromatic N) is 2. The maximum atomic E-state index is 11.7. The first-order valence-electron chi connectivity index (χ1n) is 7.33. The average Bonchev–Trinajstić information content (AvgIpc) is 2.97. The van der Waals surface area contributed by atoms with Crippen LogP contribution in [0.4, 0.5) is 11.5 Å². The summed E-state index contributed by atoms with van der Waals surface area (Å²) in [7, 11) is 1.37. The fourth-order valence-electron chi connectivity index (χ4n) is 2.33. The second-order valence-electron chi connectivity index (χ2n) is 5.10. The Kier molecular flexibility index (Phi) is 5.75. The molecule has 3 aromatic rings. The van der Waals surface area contributed by atoms with Gasteiger partial charge < -0.3 is 10.1 Å². The number of hydrogen-bond acceptors (Lipinski definition) is 6. The van der Waals surface area contributed by atoms with Gasteiger partial charge in [0.1, 0.15) is 16.5 Å². The molecule has 0 aliphatic heterocycles. The van der Waals surface area contributed by atoms with Crippen molar-refractivity contribution in [1.29, 1.82) is 0 Å². The largest absolute Gasteiger partial charge is 0.465 e. The summed E-state index contributed by atoms with van der Waals surface area (Å²) < 4.78 is 4.76. The van der Waals surface area contributed by atoms with Gasteiger partial charge >= 0.3 is 5.97 Å². The van der Waals surface area contributed by atoms with Crippen LogP contribution in [0.15, 0.2) is 30.3 Å². The number of anilines is 2. The molecule has 1 N–H and O–H groups in total. The summed E-state index contributed by atoms with van der Waals surface area (Å²) in [5.41, 5.74) is 1.29. The van der Waals surface area contributed by atoms with E-state index in [1.54, 1.807) is 23.5 Å². The van der Waals surface area contributed by atoms with Crippen LogP contribution in [0.3, 0.4) is 0 Å². The van der Waals surface area contributed by atoms with Crippen molar-refractivity contribution in [3.8, 4) is 0 Å². The van der Waals surface area contributed by atoms with Gasteiger partial charge in [0.15, 0.2) is 0 Å². The maximum absolute atomic E-state index is 11.7. The van der Waals surface area contributed by atoms with Gasteiger partial charge in [0.25, 0.3) is 0 Å². The van der Waals surface area contributed by atoms with Crippen molar-refractivity contribution in [3.05, 3.63) is 46.6 Å². The SMILES string of the molecule is CCc1cc2c(Nc3cccc(C(=O)OC)c3)nc(C)nc2s1.Cl. The third-order valence-electron chi connectivity index (χ3n) is 3.45. The summed E-state index contributed by atoms with van der Waals surface area (Å²) in [4.78, 5) is 22.9. The molecule has 3 rings (SSSR count). The number of esters is 1. The van der Waals surface area contributed by atoms with Gasteiger partial charge in [-0.1, -0.05) is 13.0 Å². The molecule has 2 aromatic heterocycles. The van der Waals surface area contributed by atoms with E-state index in [2.05, 4.69) is 28.3 Å². The predicted molar refractivity (Wildman–Crippen MR) is 99.8 cm³/mol. The first-order valence-corrected chi connectivity index (χ1v) is 8.15. The minimum Gasteiger partial charge on any atom is -0.465 e. The van der Waals surface area contributed by atoms with Crippen molar-refractivity contribution in [2.75, 3.05) is 12.4 Å². The van der Waals surface area contributed by atoms with Gasteiger partial charge in [0.05, 0.1) is 18.1 Å². The number of hydrogen-bond donors (Lipinski definition) is 1. The number of carbonyl (C=O) groups excluding carboxylic acids is 1. The van der Waals surface area contributed by atoms with Crippen LogP contribution in [-0.2, 0) is 11.2 Å². The van der Waals surface area contributed by atoms with E-state index in [1.165, 1.54) is 12.0 Å². The van der Waals surface area contributed by atoms with E-state index in [0.29, 0.717) is 11.4 Å². The van der Waals surface area contributed by atoms with Crippen molar-refractivity contribution >= 4 is 51.4 Å². The number of thiophene rings is 1. The number of carbonyl (C=O) groups is 1. The molecule has 7 heteroatoms. The standard InChI is InChI=1S/C17H17N3O2S.ClH/c1-4-13-9-14-15(18-10(2)19-16(14)23-13)20-12-7-5-6-11(8-12)17(21)22-3;/h5-9H,4H2,1-3H3,(H,18,19,20);1H. The summed E-state index contributed by atoms with van der Waals surface area (Å²) in [6.45, 7) is 4.00. The van der Waals surface area contributed by atoms with Gasteiger partial charge in [-0.15, -0.1) is 23.7 Å². The summed E-state index contributed by atoms with van der Waals surface area (Å²) in [6, 6.07) is 9.29. The Labute approximate surface area is 150 Å². The average molecular weight is 364 g/mol. The van der Waals surface area contributed by atoms with Crippen molar-refractivity contribution in [2.45, 2.75) is 20.3 Å². The minimum atomic E-state index is -0.360. The third kappa shape index (κ3) is 3.66. The molecule has 126 valence electrons. The minimum absolute atomic E-state index is 0. The molecule has 0 saturated heterocycles. The normalized spacial score (nSPS) is 10.3. The molecule has 0 radical (unpaired) electrons. The van der Waals surface area contributed by atoms with Gasteiger partial charge in [-0.05, 0) is 37.6 Å². The third-order valence-corrected chi connectivity index (χ3v) is 4.62. The summed E-state index contributed by atoms with van der Waals surface area (Å²) in [5, 5.41) is 4.29. The van der Waals surface area contributed by atoms with Crippen LogP contribution < -0.4 is 5.32 Å². The number of methoxy groups -OCH3 is 1. The van der Waals surface area contributed by atoms with Crippen molar-refractivity contribution in [2.24, 2.45) is 0 Å². The van der Waals surface area contributed by atoms with E-state index in [0.717, 1.165) is 28.1 Å². The molecule has 1 aromatic carbocycles. The molecule has 0 unspecified atom stereocenters. The Bertz CT molecular complexity index is 879. The molecule has 0 fully saturated rings. The molecular formula is C17H18ClN3O2S. The second-order valence-corrected chi connectivity index (χ2v) is 6.22. The highest BCUT2D eigenvalue weighted by molar-refractivity contribution is 7.18. The molecule has 5 nitrogen and oxygen atoms in total. The van der Waals surface area contributed by atoms with Gasteiger partial charge in [-0.3, -0.25) is 0 Å². The monoisotopic (exact) mass is 363 g/mol. The fourth-order valence-corrected chi connectivity index (χ4v) is 3.34. The number of aromatic nitrogens is 2. The van der Waals surface area contributed by atoms with Crippen LogP contribution in [0.1, 0.15) is 28.0 Å². The Morgan fingerprint density at radius 1 is 1.29 bits per heavy atom. The number of aryl methyl sites for hydroxylation is 2. The molecule has 0 bridgehead atoms. The number of nitrogens with one attached hydrogen (secondary N) is 1. The number of rotatable bonds is 4. The number of halogens is 1. The molecule has 0 aliphatic rings. The molecule has 0 atom stereocenters. The molecule has 0 amide bonds. The highest BCUT2D eigenvalue weighted by Gasteiger charge is 2.11. The highest BCUT2D eigenvalue weighted by atomic mass is 35.5. The number of fused-ring (bicyclic) bond motifs is 1. The van der Waals surface area contributed by atoms with Crippen LogP contribution in [0.2, 0.25) is 0 Å².